The molecule has 1 fully saturated rings. The van der Waals surface area contributed by atoms with E-state index in [0.717, 1.165) is 52.2 Å². The largest absolute Gasteiger partial charge is 0.349 e. The lowest BCUT2D eigenvalue weighted by Gasteiger charge is -2.34. The Labute approximate surface area is 165 Å². The third-order valence-electron chi connectivity index (χ3n) is 5.74. The van der Waals surface area contributed by atoms with Gasteiger partial charge in [0.2, 0.25) is 0 Å². The lowest BCUT2D eigenvalue weighted by Crippen LogP contribution is -2.45. The zero-order valence-corrected chi connectivity index (χ0v) is 16.5. The molecule has 2 aliphatic rings. The van der Waals surface area contributed by atoms with Gasteiger partial charge in [0.25, 0.3) is 5.91 Å². The Kier molecular flexibility index (Phi) is 5.99. The molecule has 28 heavy (non-hydrogen) atoms. The zero-order chi connectivity index (χ0) is 19.3. The summed E-state index contributed by atoms with van der Waals surface area (Å²) in [4.78, 5) is 17.2. The second-order valence-electron chi connectivity index (χ2n) is 7.71. The van der Waals surface area contributed by atoms with E-state index < -0.39 is 0 Å². The molecular weight excluding hydrogens is 354 g/mol. The number of amides is 1. The van der Waals surface area contributed by atoms with E-state index in [1.807, 2.05) is 0 Å². The van der Waals surface area contributed by atoms with Crippen molar-refractivity contribution in [1.29, 1.82) is 0 Å². The van der Waals surface area contributed by atoms with Crippen molar-refractivity contribution in [3.8, 4) is 0 Å². The van der Waals surface area contributed by atoms with Gasteiger partial charge in [-0.2, -0.15) is 0 Å². The minimum absolute atomic E-state index is 0.152. The summed E-state index contributed by atoms with van der Waals surface area (Å²) in [6.45, 7) is 7.38. The first kappa shape index (κ1) is 19.0. The summed E-state index contributed by atoms with van der Waals surface area (Å²) in [7, 11) is 2.11. The quantitative estimate of drug-likeness (QED) is 0.730. The number of nitrogens with one attached hydrogen (secondary N) is 2. The summed E-state index contributed by atoms with van der Waals surface area (Å²) in [5.41, 5.74) is 3.14. The smallest absolute Gasteiger partial charge is 0.273 e. The van der Waals surface area contributed by atoms with Crippen LogP contribution in [0.3, 0.4) is 0 Å². The van der Waals surface area contributed by atoms with E-state index in [2.05, 4.69) is 62.1 Å². The van der Waals surface area contributed by atoms with Crippen LogP contribution in [0.5, 0.6) is 0 Å². The predicted octanol–water partition coefficient (Wildman–Crippen LogP) is -0.0302. The van der Waals surface area contributed by atoms with E-state index in [4.69, 9.17) is 0 Å². The van der Waals surface area contributed by atoms with Crippen molar-refractivity contribution in [2.24, 2.45) is 0 Å². The van der Waals surface area contributed by atoms with E-state index in [0.29, 0.717) is 18.3 Å². The Bertz CT molecular complexity index is 799. The van der Waals surface area contributed by atoms with Crippen LogP contribution in [0, 0.1) is 0 Å². The highest BCUT2D eigenvalue weighted by atomic mass is 16.2. The van der Waals surface area contributed by atoms with Crippen molar-refractivity contribution >= 4 is 5.91 Å². The number of carbonyl (C=O) groups is 1. The van der Waals surface area contributed by atoms with Crippen LogP contribution in [-0.2, 0) is 19.5 Å². The molecule has 3 heterocycles. The number of fused-ring (bicyclic) bond motifs is 1. The molecular formula is C20H29N7O. The van der Waals surface area contributed by atoms with Gasteiger partial charge >= 0.3 is 0 Å². The molecule has 0 spiro atoms. The molecule has 1 atom stereocenters. The van der Waals surface area contributed by atoms with Gasteiger partial charge in [-0.25, -0.2) is 0 Å². The lowest BCUT2D eigenvalue weighted by atomic mass is 9.94. The maximum absolute atomic E-state index is 12.5. The number of aromatic nitrogens is 3. The average molecular weight is 384 g/mol. The van der Waals surface area contributed by atoms with Crippen LogP contribution in [0.4, 0.5) is 0 Å². The highest BCUT2D eigenvalue weighted by molar-refractivity contribution is 5.91. The van der Waals surface area contributed by atoms with Crippen molar-refractivity contribution in [3.63, 3.8) is 0 Å². The molecule has 1 aromatic carbocycles. The Morgan fingerprint density at radius 2 is 2.00 bits per heavy atom. The molecule has 2 N–H and O–H groups in total. The van der Waals surface area contributed by atoms with Gasteiger partial charge in [0.05, 0.1) is 12.7 Å². The molecule has 1 saturated heterocycles. The Morgan fingerprint density at radius 3 is 2.82 bits per heavy atom. The summed E-state index contributed by atoms with van der Waals surface area (Å²) >= 11 is 0. The number of hydrogen-bond donors (Lipinski definition) is 2. The highest BCUT2D eigenvalue weighted by Gasteiger charge is 2.24. The summed E-state index contributed by atoms with van der Waals surface area (Å²) in [6.07, 6.45) is 2.70. The molecule has 1 amide bonds. The molecule has 1 aromatic heterocycles. The first-order valence-electron chi connectivity index (χ1n) is 10.1. The maximum atomic E-state index is 12.5. The minimum Gasteiger partial charge on any atom is -0.349 e. The van der Waals surface area contributed by atoms with Crippen molar-refractivity contribution in [2.75, 3.05) is 46.3 Å². The number of likely N-dealkylation sites (N-methyl/N-ethyl adjacent to an activating group) is 1. The lowest BCUT2D eigenvalue weighted by molar-refractivity contribution is 0.0929. The number of nitrogens with zero attached hydrogens (tertiary/aromatic N) is 5. The van der Waals surface area contributed by atoms with Gasteiger partial charge in [-0.05, 0) is 24.6 Å². The van der Waals surface area contributed by atoms with Gasteiger partial charge in [-0.3, -0.25) is 19.3 Å². The normalized spacial score (nSPS) is 20.7. The van der Waals surface area contributed by atoms with Crippen molar-refractivity contribution < 1.29 is 4.79 Å². The van der Waals surface area contributed by atoms with E-state index in [-0.39, 0.29) is 5.91 Å². The van der Waals surface area contributed by atoms with Crippen LogP contribution in [-0.4, -0.2) is 83.1 Å². The van der Waals surface area contributed by atoms with E-state index in [1.165, 1.54) is 11.1 Å². The Morgan fingerprint density at radius 1 is 1.21 bits per heavy atom. The standard InChI is InChI=1S/C20H29N7O/c1-25-14-17-5-3-2-4-16(17)12-18(25)13-22-20(28)19-15-27(24-23-19)11-10-26-8-6-21-7-9-26/h2-5,15,18,21H,6-14H2,1H3,(H,22,28)/t18-/m0/s1. The summed E-state index contributed by atoms with van der Waals surface area (Å²) in [5, 5.41) is 14.6. The fraction of sp³-hybridized carbons (Fsp3) is 0.550. The topological polar surface area (TPSA) is 78.3 Å². The number of hydrogen-bond acceptors (Lipinski definition) is 6. The molecule has 0 bridgehead atoms. The van der Waals surface area contributed by atoms with Crippen LogP contribution in [0.25, 0.3) is 0 Å². The van der Waals surface area contributed by atoms with Crippen LogP contribution >= 0.6 is 0 Å². The highest BCUT2D eigenvalue weighted by Crippen LogP contribution is 2.21. The van der Waals surface area contributed by atoms with Crippen molar-refractivity contribution in [3.05, 3.63) is 47.3 Å². The van der Waals surface area contributed by atoms with Gasteiger partial charge in [-0.1, -0.05) is 29.5 Å². The van der Waals surface area contributed by atoms with Gasteiger partial charge < -0.3 is 10.6 Å². The average Bonchev–Trinajstić information content (AvgIpc) is 3.20. The molecule has 8 nitrogen and oxygen atoms in total. The van der Waals surface area contributed by atoms with Gasteiger partial charge in [-0.15, -0.1) is 5.10 Å². The molecule has 0 radical (unpaired) electrons. The fourth-order valence-corrected chi connectivity index (χ4v) is 3.94. The van der Waals surface area contributed by atoms with E-state index in [1.54, 1.807) is 10.9 Å². The number of rotatable bonds is 6. The van der Waals surface area contributed by atoms with Crippen LogP contribution in [0.15, 0.2) is 30.5 Å². The van der Waals surface area contributed by atoms with Gasteiger partial charge in [0, 0.05) is 51.9 Å². The molecule has 8 heteroatoms. The van der Waals surface area contributed by atoms with E-state index >= 15 is 0 Å². The Balaban J connectivity index is 1.27. The maximum Gasteiger partial charge on any atom is 0.273 e. The third kappa shape index (κ3) is 4.57. The Hall–Kier alpha value is -2.29. The van der Waals surface area contributed by atoms with Crippen LogP contribution in [0.2, 0.25) is 0 Å². The van der Waals surface area contributed by atoms with Crippen molar-refractivity contribution in [2.45, 2.75) is 25.6 Å². The van der Waals surface area contributed by atoms with Gasteiger partial charge in [0.1, 0.15) is 0 Å². The summed E-state index contributed by atoms with van der Waals surface area (Å²) in [5.74, 6) is -0.152. The third-order valence-corrected chi connectivity index (χ3v) is 5.74. The second-order valence-corrected chi connectivity index (χ2v) is 7.71. The molecule has 2 aromatic rings. The molecule has 0 aliphatic carbocycles. The molecule has 150 valence electrons. The van der Waals surface area contributed by atoms with Crippen LogP contribution in [0.1, 0.15) is 21.6 Å². The van der Waals surface area contributed by atoms with E-state index in [9.17, 15) is 4.79 Å². The number of carbonyl (C=O) groups excluding carboxylic acids is 1. The molecule has 0 saturated carbocycles. The SMILES string of the molecule is CN1Cc2ccccc2C[C@H]1CNC(=O)c1cn(CCN2CCNCC2)nn1. The second kappa shape index (κ2) is 8.81. The number of benzene rings is 1. The fourth-order valence-electron chi connectivity index (χ4n) is 3.94. The molecule has 4 rings (SSSR count). The van der Waals surface area contributed by atoms with Gasteiger partial charge in [0.15, 0.2) is 5.69 Å². The summed E-state index contributed by atoms with van der Waals surface area (Å²) in [6, 6.07) is 8.82. The van der Waals surface area contributed by atoms with Crippen LogP contribution < -0.4 is 10.6 Å². The zero-order valence-electron chi connectivity index (χ0n) is 16.5. The molecule has 0 unspecified atom stereocenters. The van der Waals surface area contributed by atoms with Crippen molar-refractivity contribution in [1.82, 2.24) is 35.4 Å². The predicted molar refractivity (Wildman–Crippen MR) is 107 cm³/mol. The minimum atomic E-state index is -0.152. The monoisotopic (exact) mass is 383 g/mol. The summed E-state index contributed by atoms with van der Waals surface area (Å²) < 4.78 is 1.76. The number of piperazine rings is 1. The molecule has 2 aliphatic heterocycles. The first-order valence-corrected chi connectivity index (χ1v) is 10.1. The first-order chi connectivity index (χ1) is 13.7.